The second-order valence-electron chi connectivity index (χ2n) is 6.27. The van der Waals surface area contributed by atoms with Crippen molar-refractivity contribution in [2.45, 2.75) is 31.8 Å². The Morgan fingerprint density at radius 2 is 1.96 bits per heavy atom. The van der Waals surface area contributed by atoms with E-state index in [0.29, 0.717) is 0 Å². The molecule has 0 saturated carbocycles. The molecule has 0 bridgehead atoms. The highest BCUT2D eigenvalue weighted by molar-refractivity contribution is 5.97. The van der Waals surface area contributed by atoms with E-state index in [2.05, 4.69) is 27.7 Å². The van der Waals surface area contributed by atoms with E-state index in [0.717, 1.165) is 32.5 Å². The first kappa shape index (κ1) is 19.5. The number of rotatable bonds is 8. The minimum Gasteiger partial charge on any atom is -0.481 e. The van der Waals surface area contributed by atoms with Crippen LogP contribution in [0.25, 0.3) is 0 Å². The van der Waals surface area contributed by atoms with Crippen LogP contribution in [0.1, 0.15) is 24.8 Å². The molecule has 1 amide bonds. The number of nitrogens with zero attached hydrogens (tertiary/aromatic N) is 2. The molecule has 26 heavy (non-hydrogen) atoms. The average Bonchev–Trinajstić information content (AvgIpc) is 2.64. The van der Waals surface area contributed by atoms with E-state index in [1.807, 2.05) is 24.3 Å². The third-order valence-electron chi connectivity index (χ3n) is 4.29. The van der Waals surface area contributed by atoms with Gasteiger partial charge in [-0.2, -0.15) is 5.26 Å². The van der Waals surface area contributed by atoms with Crippen molar-refractivity contribution in [3.63, 3.8) is 0 Å². The van der Waals surface area contributed by atoms with E-state index >= 15 is 0 Å². The van der Waals surface area contributed by atoms with Crippen molar-refractivity contribution < 1.29 is 14.7 Å². The maximum Gasteiger partial charge on any atom is 0.305 e. The lowest BCUT2D eigenvalue weighted by molar-refractivity contribution is -0.136. The molecule has 1 aromatic rings. The number of amides is 1. The molecule has 0 aromatic heterocycles. The average molecular weight is 356 g/mol. The van der Waals surface area contributed by atoms with Gasteiger partial charge in [-0.3, -0.25) is 14.5 Å². The molecule has 1 saturated heterocycles. The summed E-state index contributed by atoms with van der Waals surface area (Å²) >= 11 is 0. The number of nitrogens with one attached hydrogen (secondary N) is 2. The molecule has 0 spiro atoms. The zero-order valence-electron chi connectivity index (χ0n) is 14.6. The monoisotopic (exact) mass is 356 g/mol. The number of carboxylic acids is 1. The first-order chi connectivity index (χ1) is 12.6. The van der Waals surface area contributed by atoms with Gasteiger partial charge in [0.05, 0.1) is 6.42 Å². The molecule has 0 aliphatic carbocycles. The van der Waals surface area contributed by atoms with Gasteiger partial charge in [-0.1, -0.05) is 30.3 Å². The van der Waals surface area contributed by atoms with Gasteiger partial charge in [0.1, 0.15) is 11.6 Å². The Morgan fingerprint density at radius 3 is 2.58 bits per heavy atom. The van der Waals surface area contributed by atoms with Crippen molar-refractivity contribution in [2.75, 3.05) is 19.6 Å². The van der Waals surface area contributed by atoms with E-state index < -0.39 is 11.9 Å². The standard InChI is InChI=1S/C19H24N4O3/c20-12-16(19(26)21-9-6-18(24)25)13-22-17-7-10-23(11-8-17)14-15-4-2-1-3-5-15/h1-5,13,17,22H,6-11,14H2,(H,21,26)(H,24,25)/b16-13-. The van der Waals surface area contributed by atoms with Gasteiger partial charge in [0.25, 0.3) is 5.91 Å². The Morgan fingerprint density at radius 1 is 1.27 bits per heavy atom. The second-order valence-corrected chi connectivity index (χ2v) is 6.27. The zero-order valence-corrected chi connectivity index (χ0v) is 14.6. The first-order valence-electron chi connectivity index (χ1n) is 8.71. The van der Waals surface area contributed by atoms with Crippen LogP contribution in [0.4, 0.5) is 0 Å². The van der Waals surface area contributed by atoms with Crippen molar-refractivity contribution in [1.29, 1.82) is 5.26 Å². The van der Waals surface area contributed by atoms with E-state index in [4.69, 9.17) is 10.4 Å². The van der Waals surface area contributed by atoms with Gasteiger partial charge in [0.15, 0.2) is 0 Å². The topological polar surface area (TPSA) is 105 Å². The van der Waals surface area contributed by atoms with Crippen LogP contribution in [-0.4, -0.2) is 47.6 Å². The Balaban J connectivity index is 1.75. The van der Waals surface area contributed by atoms with Crippen LogP contribution >= 0.6 is 0 Å². The lowest BCUT2D eigenvalue weighted by Gasteiger charge is -2.32. The fourth-order valence-electron chi connectivity index (χ4n) is 2.83. The summed E-state index contributed by atoms with van der Waals surface area (Å²) in [4.78, 5) is 24.7. The minimum atomic E-state index is -0.992. The molecule has 2 rings (SSSR count). The van der Waals surface area contributed by atoms with Gasteiger partial charge in [-0.25, -0.2) is 0 Å². The number of nitriles is 1. The van der Waals surface area contributed by atoms with Crippen LogP contribution in [0.5, 0.6) is 0 Å². The number of likely N-dealkylation sites (tertiary alicyclic amines) is 1. The molecule has 1 aliphatic rings. The smallest absolute Gasteiger partial charge is 0.305 e. The maximum absolute atomic E-state index is 11.8. The molecular formula is C19H24N4O3. The summed E-state index contributed by atoms with van der Waals surface area (Å²) in [5.41, 5.74) is 1.26. The summed E-state index contributed by atoms with van der Waals surface area (Å²) in [6.07, 6.45) is 3.14. The Bertz CT molecular complexity index is 674. The lowest BCUT2D eigenvalue weighted by Crippen LogP contribution is -2.40. The third-order valence-corrected chi connectivity index (χ3v) is 4.29. The van der Waals surface area contributed by atoms with E-state index in [9.17, 15) is 9.59 Å². The number of hydrogen-bond donors (Lipinski definition) is 3. The van der Waals surface area contributed by atoms with E-state index in [1.54, 1.807) is 0 Å². The maximum atomic E-state index is 11.8. The summed E-state index contributed by atoms with van der Waals surface area (Å²) in [6, 6.07) is 12.4. The summed E-state index contributed by atoms with van der Waals surface area (Å²) in [5, 5.41) is 23.2. The van der Waals surface area contributed by atoms with Gasteiger partial charge in [0.2, 0.25) is 0 Å². The lowest BCUT2D eigenvalue weighted by atomic mass is 10.0. The van der Waals surface area contributed by atoms with Crippen LogP contribution in [0.3, 0.4) is 0 Å². The quantitative estimate of drug-likeness (QED) is 0.478. The van der Waals surface area contributed by atoms with Gasteiger partial charge in [-0.05, 0) is 18.4 Å². The molecule has 7 nitrogen and oxygen atoms in total. The summed E-state index contributed by atoms with van der Waals surface area (Å²) in [7, 11) is 0. The van der Waals surface area contributed by atoms with Gasteiger partial charge < -0.3 is 15.7 Å². The molecular weight excluding hydrogens is 332 g/mol. The van der Waals surface area contributed by atoms with Crippen molar-refractivity contribution in [3.8, 4) is 6.07 Å². The molecule has 1 aromatic carbocycles. The fourth-order valence-corrected chi connectivity index (χ4v) is 2.83. The van der Waals surface area contributed by atoms with Crippen molar-refractivity contribution in [1.82, 2.24) is 15.5 Å². The highest BCUT2D eigenvalue weighted by Crippen LogP contribution is 2.14. The van der Waals surface area contributed by atoms with Crippen LogP contribution < -0.4 is 10.6 Å². The Kier molecular flexibility index (Phi) is 7.65. The normalized spacial score (nSPS) is 15.9. The Hall–Kier alpha value is -2.85. The van der Waals surface area contributed by atoms with Crippen LogP contribution in [0.2, 0.25) is 0 Å². The zero-order chi connectivity index (χ0) is 18.8. The van der Waals surface area contributed by atoms with Gasteiger partial charge in [0, 0.05) is 38.4 Å². The molecule has 138 valence electrons. The molecule has 3 N–H and O–H groups in total. The van der Waals surface area contributed by atoms with Crippen LogP contribution in [0.15, 0.2) is 42.1 Å². The fraction of sp³-hybridized carbons (Fsp3) is 0.421. The Labute approximate surface area is 153 Å². The minimum absolute atomic E-state index is 0.00502. The van der Waals surface area contributed by atoms with Crippen molar-refractivity contribution in [3.05, 3.63) is 47.7 Å². The van der Waals surface area contributed by atoms with Gasteiger partial charge in [-0.15, -0.1) is 0 Å². The summed E-state index contributed by atoms with van der Waals surface area (Å²) in [6.45, 7) is 2.84. The van der Waals surface area contributed by atoms with Crippen LogP contribution in [0, 0.1) is 11.3 Å². The molecule has 1 aliphatic heterocycles. The molecule has 7 heteroatoms. The molecule has 0 unspecified atom stereocenters. The predicted octanol–water partition coefficient (Wildman–Crippen LogP) is 1.24. The van der Waals surface area contributed by atoms with E-state index in [1.165, 1.54) is 11.8 Å². The van der Waals surface area contributed by atoms with E-state index in [-0.39, 0.29) is 24.6 Å². The summed E-state index contributed by atoms with van der Waals surface area (Å²) < 4.78 is 0. The SMILES string of the molecule is N#C/C(=C/NC1CCN(Cc2ccccc2)CC1)C(=O)NCCC(=O)O. The summed E-state index contributed by atoms with van der Waals surface area (Å²) in [5.74, 6) is -1.55. The van der Waals surface area contributed by atoms with Crippen molar-refractivity contribution >= 4 is 11.9 Å². The first-order valence-corrected chi connectivity index (χ1v) is 8.71. The second kappa shape index (κ2) is 10.2. The molecule has 0 atom stereocenters. The highest BCUT2D eigenvalue weighted by atomic mass is 16.4. The molecule has 0 radical (unpaired) electrons. The van der Waals surface area contributed by atoms with Crippen LogP contribution in [-0.2, 0) is 16.1 Å². The number of aliphatic carboxylic acids is 1. The predicted molar refractivity (Wildman–Crippen MR) is 96.8 cm³/mol. The number of benzene rings is 1. The number of carbonyl (C=O) groups excluding carboxylic acids is 1. The number of carboxylic acid groups (broad SMARTS) is 1. The number of hydrogen-bond acceptors (Lipinski definition) is 5. The van der Waals surface area contributed by atoms with Crippen molar-refractivity contribution in [2.24, 2.45) is 0 Å². The molecule has 1 fully saturated rings. The van der Waals surface area contributed by atoms with Gasteiger partial charge >= 0.3 is 5.97 Å². The highest BCUT2D eigenvalue weighted by Gasteiger charge is 2.19. The third kappa shape index (κ3) is 6.57. The largest absolute Gasteiger partial charge is 0.481 e. The number of carbonyl (C=O) groups is 2. The number of piperidine rings is 1. The molecule has 1 heterocycles.